The number of hydrogen-bond donors (Lipinski definition) is 1. The summed E-state index contributed by atoms with van der Waals surface area (Å²) in [6, 6.07) is 7.83. The van der Waals surface area contributed by atoms with Crippen molar-refractivity contribution in [1.29, 1.82) is 0 Å². The zero-order chi connectivity index (χ0) is 18.0. The minimum absolute atomic E-state index is 0.0580. The van der Waals surface area contributed by atoms with Gasteiger partial charge in [0.15, 0.2) is 0 Å². The van der Waals surface area contributed by atoms with Crippen molar-refractivity contribution in [3.63, 3.8) is 0 Å². The van der Waals surface area contributed by atoms with Gasteiger partial charge in [0.2, 0.25) is 5.91 Å². The maximum atomic E-state index is 12.6. The Hall–Kier alpha value is -2.12. The van der Waals surface area contributed by atoms with E-state index in [1.807, 2.05) is 24.3 Å². The van der Waals surface area contributed by atoms with Gasteiger partial charge in [-0.1, -0.05) is 18.2 Å². The van der Waals surface area contributed by atoms with Gasteiger partial charge in [-0.15, -0.1) is 0 Å². The quantitative estimate of drug-likeness (QED) is 0.824. The van der Waals surface area contributed by atoms with Crippen molar-refractivity contribution in [2.75, 3.05) is 52.4 Å². The van der Waals surface area contributed by atoms with Gasteiger partial charge in [0.25, 0.3) is 0 Å². The molecule has 1 fully saturated rings. The molecule has 0 aromatic heterocycles. The van der Waals surface area contributed by atoms with E-state index in [2.05, 4.69) is 5.32 Å². The van der Waals surface area contributed by atoms with Gasteiger partial charge >= 0.3 is 6.03 Å². The number of benzene rings is 1. The number of anilines is 1. The number of ether oxygens (including phenoxy) is 2. The highest BCUT2D eigenvalue weighted by Crippen LogP contribution is 2.47. The highest BCUT2D eigenvalue weighted by atomic mass is 16.5. The predicted octanol–water partition coefficient (Wildman–Crippen LogP) is 0.978. The number of urea groups is 1. The molecule has 1 N–H and O–H groups in total. The van der Waals surface area contributed by atoms with Gasteiger partial charge in [0, 0.05) is 45.4 Å². The lowest BCUT2D eigenvalue weighted by Crippen LogP contribution is -2.43. The number of hydrogen-bond acceptors (Lipinski definition) is 4. The predicted molar refractivity (Wildman–Crippen MR) is 93.8 cm³/mol. The van der Waals surface area contributed by atoms with Crippen molar-refractivity contribution in [2.24, 2.45) is 0 Å². The first-order valence-corrected chi connectivity index (χ1v) is 8.45. The Labute approximate surface area is 147 Å². The van der Waals surface area contributed by atoms with Gasteiger partial charge in [0.1, 0.15) is 6.10 Å². The lowest BCUT2D eigenvalue weighted by Gasteiger charge is -2.25. The molecular weight excluding hydrogens is 322 g/mol. The minimum atomic E-state index is -0.501. The number of methoxy groups -OCH3 is 1. The second-order valence-electron chi connectivity index (χ2n) is 6.85. The Morgan fingerprint density at radius 2 is 2.16 bits per heavy atom. The summed E-state index contributed by atoms with van der Waals surface area (Å²) >= 11 is 0. The zero-order valence-electron chi connectivity index (χ0n) is 14.9. The van der Waals surface area contributed by atoms with Crippen LogP contribution in [0.5, 0.6) is 0 Å². The van der Waals surface area contributed by atoms with Crippen LogP contribution in [0.15, 0.2) is 24.3 Å². The maximum Gasteiger partial charge on any atom is 0.323 e. The highest BCUT2D eigenvalue weighted by molar-refractivity contribution is 5.95. The summed E-state index contributed by atoms with van der Waals surface area (Å²) in [6.07, 6.45) is 0.0689. The van der Waals surface area contributed by atoms with E-state index in [1.165, 1.54) is 0 Å². The Kier molecular flexibility index (Phi) is 4.96. The van der Waals surface area contributed by atoms with Crippen LogP contribution in [0.2, 0.25) is 0 Å². The van der Waals surface area contributed by atoms with E-state index >= 15 is 0 Å². The molecule has 0 radical (unpaired) electrons. The van der Waals surface area contributed by atoms with E-state index in [4.69, 9.17) is 9.47 Å². The molecule has 7 heteroatoms. The van der Waals surface area contributed by atoms with Crippen molar-refractivity contribution in [1.82, 2.24) is 10.2 Å². The van der Waals surface area contributed by atoms with Crippen molar-refractivity contribution in [2.45, 2.75) is 17.9 Å². The molecule has 1 aromatic carbocycles. The van der Waals surface area contributed by atoms with Gasteiger partial charge < -0.3 is 19.7 Å². The summed E-state index contributed by atoms with van der Waals surface area (Å²) in [7, 11) is 5.08. The van der Waals surface area contributed by atoms with Crippen molar-refractivity contribution < 1.29 is 19.1 Å². The number of rotatable bonds is 4. The average molecular weight is 347 g/mol. The first-order valence-electron chi connectivity index (χ1n) is 8.45. The first-order chi connectivity index (χ1) is 12.0. The highest BCUT2D eigenvalue weighted by Gasteiger charge is 2.51. The molecule has 2 heterocycles. The Morgan fingerprint density at radius 3 is 2.88 bits per heavy atom. The summed E-state index contributed by atoms with van der Waals surface area (Å²) in [4.78, 5) is 28.2. The molecule has 1 spiro atoms. The fourth-order valence-corrected chi connectivity index (χ4v) is 3.63. The molecule has 3 rings (SSSR count). The summed E-state index contributed by atoms with van der Waals surface area (Å²) in [5, 5.41) is 2.83. The Balaban J connectivity index is 1.79. The van der Waals surface area contributed by atoms with Crippen LogP contribution in [0.3, 0.4) is 0 Å². The summed E-state index contributed by atoms with van der Waals surface area (Å²) in [6.45, 7) is 1.90. The Bertz CT molecular complexity index is 663. The number of nitrogens with zero attached hydrogens (tertiary/aromatic N) is 2. The van der Waals surface area contributed by atoms with Gasteiger partial charge in [0.05, 0.1) is 13.2 Å². The molecular formula is C18H25N3O4. The molecule has 3 amide bonds. The van der Waals surface area contributed by atoms with Crippen LogP contribution in [0.4, 0.5) is 10.5 Å². The maximum absolute atomic E-state index is 12.6. The number of carbonyl (C=O) groups excluding carboxylic acids is 2. The van der Waals surface area contributed by atoms with E-state index in [0.29, 0.717) is 32.7 Å². The van der Waals surface area contributed by atoms with Crippen molar-refractivity contribution in [3.05, 3.63) is 29.8 Å². The van der Waals surface area contributed by atoms with Crippen molar-refractivity contribution >= 4 is 17.6 Å². The van der Waals surface area contributed by atoms with Gasteiger partial charge in [-0.2, -0.15) is 0 Å². The molecule has 2 aliphatic heterocycles. The zero-order valence-corrected chi connectivity index (χ0v) is 14.9. The van der Waals surface area contributed by atoms with Crippen LogP contribution in [-0.4, -0.2) is 70.5 Å². The molecule has 0 saturated carbocycles. The van der Waals surface area contributed by atoms with E-state index in [9.17, 15) is 9.59 Å². The van der Waals surface area contributed by atoms with Crippen LogP contribution in [0.1, 0.15) is 12.0 Å². The van der Waals surface area contributed by atoms with E-state index in [0.717, 1.165) is 11.3 Å². The standard InChI is InChI=1S/C18H25N3O4/c1-20(2)17(23)21-11-18(13-6-4-5-7-14(13)21)10-15(25-12-18)16(22)19-8-9-24-3/h4-7,15H,8-12H2,1-3H3,(H,19,22). The molecule has 2 unspecified atom stereocenters. The largest absolute Gasteiger partial charge is 0.383 e. The van der Waals surface area contributed by atoms with Crippen LogP contribution in [-0.2, 0) is 19.7 Å². The van der Waals surface area contributed by atoms with Crippen LogP contribution in [0.25, 0.3) is 0 Å². The molecule has 25 heavy (non-hydrogen) atoms. The molecule has 0 bridgehead atoms. The molecule has 2 atom stereocenters. The monoisotopic (exact) mass is 347 g/mol. The average Bonchev–Trinajstić information content (AvgIpc) is 3.18. The summed E-state index contributed by atoms with van der Waals surface area (Å²) in [5.74, 6) is -0.121. The van der Waals surface area contributed by atoms with Crippen molar-refractivity contribution in [3.8, 4) is 0 Å². The second-order valence-corrected chi connectivity index (χ2v) is 6.85. The minimum Gasteiger partial charge on any atom is -0.383 e. The van der Waals surface area contributed by atoms with Gasteiger partial charge in [-0.25, -0.2) is 4.79 Å². The second kappa shape index (κ2) is 7.01. The van der Waals surface area contributed by atoms with Crippen LogP contribution < -0.4 is 10.2 Å². The third-order valence-electron chi connectivity index (χ3n) is 4.88. The normalized spacial score (nSPS) is 24.4. The first kappa shape index (κ1) is 17.7. The van der Waals surface area contributed by atoms with E-state index in [-0.39, 0.29) is 17.4 Å². The number of nitrogens with one attached hydrogen (secondary N) is 1. The van der Waals surface area contributed by atoms with Gasteiger partial charge in [-0.3, -0.25) is 9.69 Å². The summed E-state index contributed by atoms with van der Waals surface area (Å²) < 4.78 is 10.8. The molecule has 2 aliphatic rings. The lowest BCUT2D eigenvalue weighted by molar-refractivity contribution is -0.130. The van der Waals surface area contributed by atoms with Crippen LogP contribution >= 0.6 is 0 Å². The lowest BCUT2D eigenvalue weighted by atomic mass is 9.80. The smallest absolute Gasteiger partial charge is 0.323 e. The third kappa shape index (κ3) is 3.21. The topological polar surface area (TPSA) is 71.1 Å². The Morgan fingerprint density at radius 1 is 1.40 bits per heavy atom. The SMILES string of the molecule is COCCNC(=O)C1CC2(CO1)CN(C(=O)N(C)C)c1ccccc12. The number of carbonyl (C=O) groups is 2. The fourth-order valence-electron chi connectivity index (χ4n) is 3.63. The number of amides is 3. The fraction of sp³-hybridized carbons (Fsp3) is 0.556. The third-order valence-corrected chi connectivity index (χ3v) is 4.88. The van der Waals surface area contributed by atoms with Crippen LogP contribution in [0, 0.1) is 0 Å². The number of fused-ring (bicyclic) bond motifs is 2. The van der Waals surface area contributed by atoms with Gasteiger partial charge in [-0.05, 0) is 18.1 Å². The molecule has 1 aromatic rings. The van der Waals surface area contributed by atoms with E-state index in [1.54, 1.807) is 31.0 Å². The molecule has 136 valence electrons. The van der Waals surface area contributed by atoms with E-state index < -0.39 is 6.10 Å². The molecule has 0 aliphatic carbocycles. The number of para-hydroxylation sites is 1. The molecule has 1 saturated heterocycles. The molecule has 7 nitrogen and oxygen atoms in total. The summed E-state index contributed by atoms with van der Waals surface area (Å²) in [5.41, 5.74) is 1.66.